The maximum absolute atomic E-state index is 12.6. The fraction of sp³-hybridized carbons (Fsp3) is 0.588. The number of nitrogens with zero attached hydrogens (tertiary/aromatic N) is 2. The standard InChI is InChI=1S/C17H23N3O4/c1-10(2)15-19-17(24-20-15)14(12-4-7-22-8-5-12)18-16(21)13-6-9-23-11(13)3/h6,9-10,12,14H,4-5,7-8H2,1-3H3,(H,18,21)/t14-/m1/s1. The first kappa shape index (κ1) is 16.7. The van der Waals surface area contributed by atoms with E-state index in [1.165, 1.54) is 6.26 Å². The number of aryl methyl sites for hydroxylation is 1. The fourth-order valence-corrected chi connectivity index (χ4v) is 2.88. The number of hydrogen-bond donors (Lipinski definition) is 1. The maximum Gasteiger partial charge on any atom is 0.255 e. The van der Waals surface area contributed by atoms with Crippen molar-refractivity contribution in [1.29, 1.82) is 0 Å². The topological polar surface area (TPSA) is 90.4 Å². The molecule has 0 unspecified atom stereocenters. The molecule has 7 nitrogen and oxygen atoms in total. The van der Waals surface area contributed by atoms with E-state index in [2.05, 4.69) is 15.5 Å². The van der Waals surface area contributed by atoms with E-state index in [0.717, 1.165) is 12.8 Å². The molecule has 0 saturated carbocycles. The second-order valence-corrected chi connectivity index (χ2v) is 6.44. The molecule has 2 aromatic rings. The predicted octanol–water partition coefficient (Wildman–Crippen LogP) is 2.99. The molecule has 0 aliphatic carbocycles. The highest BCUT2D eigenvalue weighted by atomic mass is 16.5. The van der Waals surface area contributed by atoms with Crippen molar-refractivity contribution in [2.75, 3.05) is 13.2 Å². The summed E-state index contributed by atoms with van der Waals surface area (Å²) in [5, 5.41) is 7.08. The van der Waals surface area contributed by atoms with Crippen LogP contribution in [0.4, 0.5) is 0 Å². The van der Waals surface area contributed by atoms with Crippen LogP contribution >= 0.6 is 0 Å². The lowest BCUT2D eigenvalue weighted by Crippen LogP contribution is -2.36. The minimum absolute atomic E-state index is 0.171. The Morgan fingerprint density at radius 3 is 2.67 bits per heavy atom. The zero-order valence-electron chi connectivity index (χ0n) is 14.2. The lowest BCUT2D eigenvalue weighted by Gasteiger charge is -2.28. The molecule has 1 aliphatic heterocycles. The summed E-state index contributed by atoms with van der Waals surface area (Å²) in [4.78, 5) is 17.1. The van der Waals surface area contributed by atoms with Gasteiger partial charge >= 0.3 is 0 Å². The molecule has 0 radical (unpaired) electrons. The highest BCUT2D eigenvalue weighted by Crippen LogP contribution is 2.30. The van der Waals surface area contributed by atoms with Gasteiger partial charge in [-0.2, -0.15) is 4.98 Å². The van der Waals surface area contributed by atoms with Gasteiger partial charge in [0.2, 0.25) is 5.89 Å². The van der Waals surface area contributed by atoms with Crippen LogP contribution < -0.4 is 5.32 Å². The van der Waals surface area contributed by atoms with E-state index in [4.69, 9.17) is 13.7 Å². The largest absolute Gasteiger partial charge is 0.469 e. The highest BCUT2D eigenvalue weighted by Gasteiger charge is 2.32. The van der Waals surface area contributed by atoms with E-state index in [1.807, 2.05) is 13.8 Å². The van der Waals surface area contributed by atoms with Gasteiger partial charge in [0.1, 0.15) is 11.8 Å². The van der Waals surface area contributed by atoms with Crippen LogP contribution in [0.3, 0.4) is 0 Å². The third kappa shape index (κ3) is 3.51. The number of furan rings is 1. The van der Waals surface area contributed by atoms with E-state index in [9.17, 15) is 4.79 Å². The zero-order valence-corrected chi connectivity index (χ0v) is 14.2. The summed E-state index contributed by atoms with van der Waals surface area (Å²) in [5.74, 6) is 1.88. The van der Waals surface area contributed by atoms with Crippen LogP contribution in [0.1, 0.15) is 66.5 Å². The summed E-state index contributed by atoms with van der Waals surface area (Å²) >= 11 is 0. The van der Waals surface area contributed by atoms with Crippen LogP contribution in [0.2, 0.25) is 0 Å². The van der Waals surface area contributed by atoms with Crippen molar-refractivity contribution < 1.29 is 18.5 Å². The van der Waals surface area contributed by atoms with Gasteiger partial charge in [-0.3, -0.25) is 4.79 Å². The van der Waals surface area contributed by atoms with Gasteiger partial charge in [-0.05, 0) is 31.7 Å². The van der Waals surface area contributed by atoms with Crippen molar-refractivity contribution in [1.82, 2.24) is 15.5 Å². The molecule has 24 heavy (non-hydrogen) atoms. The molecule has 2 aromatic heterocycles. The van der Waals surface area contributed by atoms with Gasteiger partial charge in [0, 0.05) is 19.1 Å². The number of hydrogen-bond acceptors (Lipinski definition) is 6. The number of amides is 1. The minimum atomic E-state index is -0.323. The molecule has 3 heterocycles. The predicted molar refractivity (Wildman–Crippen MR) is 85.6 cm³/mol. The molecule has 1 amide bonds. The van der Waals surface area contributed by atoms with Crippen molar-refractivity contribution in [3.05, 3.63) is 35.4 Å². The SMILES string of the molecule is Cc1occc1C(=O)N[C@@H](c1nc(C(C)C)no1)C1CCOCC1. The van der Waals surface area contributed by atoms with E-state index in [1.54, 1.807) is 13.0 Å². The van der Waals surface area contributed by atoms with Crippen LogP contribution in [-0.2, 0) is 4.74 Å². The Morgan fingerprint density at radius 1 is 1.33 bits per heavy atom. The minimum Gasteiger partial charge on any atom is -0.469 e. The Balaban J connectivity index is 1.83. The molecule has 1 fully saturated rings. The smallest absolute Gasteiger partial charge is 0.255 e. The summed E-state index contributed by atoms with van der Waals surface area (Å²) in [6.07, 6.45) is 3.20. The van der Waals surface area contributed by atoms with Crippen LogP contribution in [0, 0.1) is 12.8 Å². The molecule has 7 heteroatoms. The number of nitrogens with one attached hydrogen (secondary N) is 1. The number of aromatic nitrogens is 2. The quantitative estimate of drug-likeness (QED) is 0.904. The molecule has 3 rings (SSSR count). The van der Waals surface area contributed by atoms with E-state index >= 15 is 0 Å². The maximum atomic E-state index is 12.6. The van der Waals surface area contributed by atoms with E-state index < -0.39 is 0 Å². The van der Waals surface area contributed by atoms with Crippen molar-refractivity contribution in [2.24, 2.45) is 5.92 Å². The summed E-state index contributed by atoms with van der Waals surface area (Å²) in [6, 6.07) is 1.34. The number of ether oxygens (including phenoxy) is 1. The molecular weight excluding hydrogens is 310 g/mol. The fourth-order valence-electron chi connectivity index (χ4n) is 2.88. The third-order valence-corrected chi connectivity index (χ3v) is 4.37. The van der Waals surface area contributed by atoms with Gasteiger partial charge in [-0.25, -0.2) is 0 Å². The van der Waals surface area contributed by atoms with E-state index in [0.29, 0.717) is 36.3 Å². The first-order chi connectivity index (χ1) is 11.6. The summed E-state index contributed by atoms with van der Waals surface area (Å²) in [5.41, 5.74) is 0.524. The lowest BCUT2D eigenvalue weighted by molar-refractivity contribution is 0.0467. The summed E-state index contributed by atoms with van der Waals surface area (Å²) < 4.78 is 16.1. The van der Waals surface area contributed by atoms with Crippen molar-refractivity contribution in [3.63, 3.8) is 0 Å². The zero-order chi connectivity index (χ0) is 17.1. The Labute approximate surface area is 140 Å². The normalized spacial score (nSPS) is 17.2. The van der Waals surface area contributed by atoms with Crippen molar-refractivity contribution in [2.45, 2.75) is 45.6 Å². The van der Waals surface area contributed by atoms with Gasteiger partial charge in [0.25, 0.3) is 5.91 Å². The van der Waals surface area contributed by atoms with Gasteiger partial charge in [0.05, 0.1) is 11.8 Å². The molecule has 130 valence electrons. The molecule has 0 spiro atoms. The molecular formula is C17H23N3O4. The van der Waals surface area contributed by atoms with Crippen LogP contribution in [0.25, 0.3) is 0 Å². The van der Waals surface area contributed by atoms with Crippen molar-refractivity contribution in [3.8, 4) is 0 Å². The van der Waals surface area contributed by atoms with Gasteiger partial charge < -0.3 is 19.0 Å². The molecule has 1 N–H and O–H groups in total. The first-order valence-corrected chi connectivity index (χ1v) is 8.32. The molecule has 1 aliphatic rings. The molecule has 0 bridgehead atoms. The Morgan fingerprint density at radius 2 is 2.08 bits per heavy atom. The number of rotatable bonds is 5. The summed E-state index contributed by atoms with van der Waals surface area (Å²) in [6.45, 7) is 7.12. The van der Waals surface area contributed by atoms with Crippen molar-refractivity contribution >= 4 is 5.91 Å². The van der Waals surface area contributed by atoms with Gasteiger partial charge in [-0.15, -0.1) is 0 Å². The van der Waals surface area contributed by atoms with Crippen LogP contribution in [-0.4, -0.2) is 29.3 Å². The molecule has 0 aromatic carbocycles. The number of carbonyl (C=O) groups excluding carboxylic acids is 1. The molecule has 1 atom stereocenters. The molecule has 1 saturated heterocycles. The highest BCUT2D eigenvalue weighted by molar-refractivity contribution is 5.95. The Bertz CT molecular complexity index is 686. The average molecular weight is 333 g/mol. The second kappa shape index (κ2) is 7.17. The summed E-state index contributed by atoms with van der Waals surface area (Å²) in [7, 11) is 0. The van der Waals surface area contributed by atoms with Gasteiger partial charge in [0.15, 0.2) is 5.82 Å². The second-order valence-electron chi connectivity index (χ2n) is 6.44. The number of carbonyl (C=O) groups is 1. The van der Waals surface area contributed by atoms with E-state index in [-0.39, 0.29) is 23.8 Å². The third-order valence-electron chi connectivity index (χ3n) is 4.37. The van der Waals surface area contributed by atoms with Gasteiger partial charge in [-0.1, -0.05) is 19.0 Å². The average Bonchev–Trinajstić information content (AvgIpc) is 3.22. The van der Waals surface area contributed by atoms with Crippen LogP contribution in [0.15, 0.2) is 21.3 Å². The monoisotopic (exact) mass is 333 g/mol. The first-order valence-electron chi connectivity index (χ1n) is 8.32. The Hall–Kier alpha value is -2.15. The lowest BCUT2D eigenvalue weighted by atomic mass is 9.91. The van der Waals surface area contributed by atoms with Crippen LogP contribution in [0.5, 0.6) is 0 Å². The Kier molecular flexibility index (Phi) is 4.99.